The van der Waals surface area contributed by atoms with Crippen LogP contribution in [0.4, 0.5) is 5.82 Å². The number of H-pyrrole nitrogens is 1. The lowest BCUT2D eigenvalue weighted by molar-refractivity contribution is 0.706. The molecular formula is C10H9ClN4O2. The molecule has 2 heterocycles. The molecule has 0 saturated heterocycles. The Hall–Kier alpha value is -2.08. The van der Waals surface area contributed by atoms with Crippen LogP contribution in [0.1, 0.15) is 5.69 Å². The molecule has 0 bridgehead atoms. The smallest absolute Gasteiger partial charge is 0.328 e. The lowest BCUT2D eigenvalue weighted by Gasteiger charge is -2.06. The maximum absolute atomic E-state index is 11.4. The highest BCUT2D eigenvalue weighted by Crippen LogP contribution is 2.15. The van der Waals surface area contributed by atoms with E-state index < -0.39 is 11.2 Å². The summed E-state index contributed by atoms with van der Waals surface area (Å²) in [5.74, 6) is 0.321. The minimum atomic E-state index is -0.516. The van der Waals surface area contributed by atoms with E-state index >= 15 is 0 Å². The summed E-state index contributed by atoms with van der Waals surface area (Å²) in [5, 5.41) is 0.414. The van der Waals surface area contributed by atoms with E-state index in [1.807, 2.05) is 0 Å². The highest BCUT2D eigenvalue weighted by Gasteiger charge is 2.05. The Balaban J connectivity index is 2.41. The highest BCUT2D eigenvalue weighted by molar-refractivity contribution is 6.31. The van der Waals surface area contributed by atoms with Crippen LogP contribution in [0.3, 0.4) is 0 Å². The molecule has 0 radical (unpaired) electrons. The number of nitrogen functional groups attached to an aromatic ring is 1. The first-order valence-electron chi connectivity index (χ1n) is 4.77. The SMILES string of the molecule is Nc1ccc(Cl)c(Cn2ccc(=O)[nH]c2=O)n1. The van der Waals surface area contributed by atoms with Gasteiger partial charge in [-0.1, -0.05) is 11.6 Å². The van der Waals surface area contributed by atoms with Crippen LogP contribution in [0.5, 0.6) is 0 Å². The quantitative estimate of drug-likeness (QED) is 0.799. The van der Waals surface area contributed by atoms with Gasteiger partial charge in [-0.3, -0.25) is 14.3 Å². The van der Waals surface area contributed by atoms with E-state index in [1.165, 1.54) is 16.8 Å². The minimum absolute atomic E-state index is 0.152. The fourth-order valence-electron chi connectivity index (χ4n) is 1.34. The molecule has 2 aromatic heterocycles. The predicted octanol–water partition coefficient (Wildman–Crippen LogP) is 0.215. The molecule has 88 valence electrons. The van der Waals surface area contributed by atoms with Crippen molar-refractivity contribution in [2.24, 2.45) is 0 Å². The number of aromatic nitrogens is 3. The van der Waals surface area contributed by atoms with E-state index in [0.717, 1.165) is 0 Å². The van der Waals surface area contributed by atoms with Gasteiger partial charge in [0.05, 0.1) is 17.3 Å². The molecule has 0 unspecified atom stereocenters. The molecule has 3 N–H and O–H groups in total. The second-order valence-electron chi connectivity index (χ2n) is 3.40. The van der Waals surface area contributed by atoms with Crippen molar-refractivity contribution in [3.05, 3.63) is 56.0 Å². The van der Waals surface area contributed by atoms with Crippen LogP contribution >= 0.6 is 11.6 Å². The van der Waals surface area contributed by atoms with E-state index in [-0.39, 0.29) is 6.54 Å². The van der Waals surface area contributed by atoms with E-state index in [1.54, 1.807) is 12.1 Å². The molecule has 0 aliphatic carbocycles. The average Bonchev–Trinajstić information content (AvgIpc) is 2.27. The van der Waals surface area contributed by atoms with Gasteiger partial charge in [0.15, 0.2) is 0 Å². The summed E-state index contributed by atoms with van der Waals surface area (Å²) in [7, 11) is 0. The standard InChI is InChI=1S/C10H9ClN4O2/c11-6-1-2-8(12)13-7(6)5-15-4-3-9(16)14-10(15)17/h1-4H,5H2,(H2,12,13)(H,14,16,17). The van der Waals surface area contributed by atoms with Crippen molar-refractivity contribution in [1.82, 2.24) is 14.5 Å². The molecule has 7 heteroatoms. The summed E-state index contributed by atoms with van der Waals surface area (Å²) in [6, 6.07) is 4.43. The van der Waals surface area contributed by atoms with Crippen molar-refractivity contribution < 1.29 is 0 Å². The topological polar surface area (TPSA) is 93.8 Å². The molecule has 0 aromatic carbocycles. The second-order valence-corrected chi connectivity index (χ2v) is 3.81. The molecule has 0 aliphatic heterocycles. The molecule has 0 amide bonds. The average molecular weight is 253 g/mol. The van der Waals surface area contributed by atoms with Crippen LogP contribution in [-0.4, -0.2) is 14.5 Å². The van der Waals surface area contributed by atoms with Crippen molar-refractivity contribution >= 4 is 17.4 Å². The Morgan fingerprint density at radius 1 is 1.35 bits per heavy atom. The molecule has 17 heavy (non-hydrogen) atoms. The van der Waals surface area contributed by atoms with Gasteiger partial charge in [-0.05, 0) is 12.1 Å². The van der Waals surface area contributed by atoms with E-state index in [0.29, 0.717) is 16.5 Å². The zero-order valence-corrected chi connectivity index (χ0v) is 9.44. The van der Waals surface area contributed by atoms with Gasteiger partial charge in [-0.2, -0.15) is 0 Å². The van der Waals surface area contributed by atoms with Crippen LogP contribution in [0.2, 0.25) is 5.02 Å². The molecule has 0 spiro atoms. The Labute approximate surface area is 101 Å². The molecule has 0 aliphatic rings. The van der Waals surface area contributed by atoms with Crippen molar-refractivity contribution in [3.8, 4) is 0 Å². The number of anilines is 1. The molecule has 6 nitrogen and oxygen atoms in total. The number of aromatic amines is 1. The molecular weight excluding hydrogens is 244 g/mol. The van der Waals surface area contributed by atoms with Crippen LogP contribution in [0.15, 0.2) is 34.0 Å². The van der Waals surface area contributed by atoms with Crippen LogP contribution < -0.4 is 17.0 Å². The maximum atomic E-state index is 11.4. The Morgan fingerprint density at radius 2 is 2.12 bits per heavy atom. The van der Waals surface area contributed by atoms with Gasteiger partial charge in [0.1, 0.15) is 5.82 Å². The summed E-state index contributed by atoms with van der Waals surface area (Å²) in [5.41, 5.74) is 5.04. The van der Waals surface area contributed by atoms with Gasteiger partial charge in [0.25, 0.3) is 5.56 Å². The first-order valence-corrected chi connectivity index (χ1v) is 5.15. The monoisotopic (exact) mass is 252 g/mol. The summed E-state index contributed by atoms with van der Waals surface area (Å²) >= 11 is 5.92. The summed E-state index contributed by atoms with van der Waals surface area (Å²) in [6.07, 6.45) is 1.38. The van der Waals surface area contributed by atoms with Gasteiger partial charge in [-0.15, -0.1) is 0 Å². The molecule has 0 atom stereocenters. The number of nitrogens with two attached hydrogens (primary N) is 1. The van der Waals surface area contributed by atoms with Gasteiger partial charge < -0.3 is 5.73 Å². The number of pyridine rings is 1. The van der Waals surface area contributed by atoms with Gasteiger partial charge in [0, 0.05) is 12.3 Å². The number of hydrogen-bond acceptors (Lipinski definition) is 4. The lowest BCUT2D eigenvalue weighted by Crippen LogP contribution is -2.29. The summed E-state index contributed by atoms with van der Waals surface area (Å²) in [4.78, 5) is 28.5. The first-order chi connectivity index (χ1) is 8.06. The normalized spacial score (nSPS) is 10.4. The minimum Gasteiger partial charge on any atom is -0.384 e. The Kier molecular flexibility index (Phi) is 2.97. The predicted molar refractivity (Wildman–Crippen MR) is 64.1 cm³/mol. The maximum Gasteiger partial charge on any atom is 0.328 e. The Bertz CT molecular complexity index is 662. The number of nitrogens with zero attached hydrogens (tertiary/aromatic N) is 2. The van der Waals surface area contributed by atoms with E-state index in [4.69, 9.17) is 17.3 Å². The van der Waals surface area contributed by atoms with Gasteiger partial charge in [-0.25, -0.2) is 9.78 Å². The largest absolute Gasteiger partial charge is 0.384 e. The van der Waals surface area contributed by atoms with Crippen molar-refractivity contribution in [2.45, 2.75) is 6.54 Å². The van der Waals surface area contributed by atoms with Crippen LogP contribution in [-0.2, 0) is 6.54 Å². The third-order valence-electron chi connectivity index (χ3n) is 2.16. The zero-order chi connectivity index (χ0) is 12.4. The zero-order valence-electron chi connectivity index (χ0n) is 8.68. The van der Waals surface area contributed by atoms with E-state index in [2.05, 4.69) is 9.97 Å². The molecule has 0 fully saturated rings. The van der Waals surface area contributed by atoms with Crippen molar-refractivity contribution in [2.75, 3.05) is 5.73 Å². The molecule has 0 saturated carbocycles. The van der Waals surface area contributed by atoms with Crippen molar-refractivity contribution in [3.63, 3.8) is 0 Å². The number of nitrogens with one attached hydrogen (secondary N) is 1. The molecule has 2 aromatic rings. The fraction of sp³-hybridized carbons (Fsp3) is 0.100. The number of rotatable bonds is 2. The first kappa shape index (κ1) is 11.4. The van der Waals surface area contributed by atoms with Crippen LogP contribution in [0.25, 0.3) is 0 Å². The van der Waals surface area contributed by atoms with Gasteiger partial charge in [0.2, 0.25) is 0 Å². The third-order valence-corrected chi connectivity index (χ3v) is 2.50. The fourth-order valence-corrected chi connectivity index (χ4v) is 1.51. The number of halogens is 1. The summed E-state index contributed by atoms with van der Waals surface area (Å²) in [6.45, 7) is 0.152. The summed E-state index contributed by atoms with van der Waals surface area (Å²) < 4.78 is 1.29. The third kappa shape index (κ3) is 2.54. The van der Waals surface area contributed by atoms with Gasteiger partial charge >= 0.3 is 5.69 Å². The van der Waals surface area contributed by atoms with Crippen LogP contribution in [0, 0.1) is 0 Å². The van der Waals surface area contributed by atoms with E-state index in [9.17, 15) is 9.59 Å². The Morgan fingerprint density at radius 3 is 2.82 bits per heavy atom. The van der Waals surface area contributed by atoms with Crippen molar-refractivity contribution in [1.29, 1.82) is 0 Å². The lowest BCUT2D eigenvalue weighted by atomic mass is 10.3. The highest BCUT2D eigenvalue weighted by atomic mass is 35.5. The number of hydrogen-bond donors (Lipinski definition) is 2. The second kappa shape index (κ2) is 4.42. The molecule has 2 rings (SSSR count).